The van der Waals surface area contributed by atoms with Crippen molar-refractivity contribution in [1.29, 1.82) is 5.26 Å². The van der Waals surface area contributed by atoms with E-state index < -0.39 is 5.82 Å². The Morgan fingerprint density at radius 1 is 1.17 bits per heavy atom. The second-order valence-electron chi connectivity index (χ2n) is 4.94. The van der Waals surface area contributed by atoms with E-state index >= 15 is 0 Å². The monoisotopic (exact) mass is 320 g/mol. The third kappa shape index (κ3) is 3.20. The Labute approximate surface area is 138 Å². The van der Waals surface area contributed by atoms with Gasteiger partial charge in [0.1, 0.15) is 23.2 Å². The molecule has 0 saturated carbocycles. The molecule has 0 spiro atoms. The molecule has 0 N–H and O–H groups in total. The van der Waals surface area contributed by atoms with Crippen LogP contribution < -0.4 is 4.74 Å². The first-order valence-electron chi connectivity index (χ1n) is 7.36. The molecule has 1 aromatic carbocycles. The van der Waals surface area contributed by atoms with E-state index in [9.17, 15) is 4.39 Å². The van der Waals surface area contributed by atoms with Gasteiger partial charge >= 0.3 is 0 Å². The molecule has 0 radical (unpaired) electrons. The molecule has 0 atom stereocenters. The van der Waals surface area contributed by atoms with Gasteiger partial charge in [-0.3, -0.25) is 4.98 Å². The van der Waals surface area contributed by atoms with Gasteiger partial charge in [0.15, 0.2) is 5.82 Å². The quantitative estimate of drug-likeness (QED) is 0.729. The van der Waals surface area contributed by atoms with Crippen LogP contribution in [-0.4, -0.2) is 15.0 Å². The third-order valence-corrected chi connectivity index (χ3v) is 3.36. The molecular weight excluding hydrogens is 307 g/mol. The molecule has 5 nitrogen and oxygen atoms in total. The Kier molecular flexibility index (Phi) is 4.43. The summed E-state index contributed by atoms with van der Waals surface area (Å²) in [5.41, 5.74) is 1.42. The van der Waals surface area contributed by atoms with Crippen LogP contribution in [0.4, 0.5) is 4.39 Å². The first-order chi connectivity index (χ1) is 11.7. The number of aryl methyl sites for hydroxylation is 1. The van der Waals surface area contributed by atoms with E-state index in [1.165, 1.54) is 18.2 Å². The van der Waals surface area contributed by atoms with Crippen LogP contribution in [0.15, 0.2) is 48.8 Å². The van der Waals surface area contributed by atoms with Crippen LogP contribution in [-0.2, 0) is 6.42 Å². The van der Waals surface area contributed by atoms with Crippen LogP contribution in [0.3, 0.4) is 0 Å². The number of ether oxygens (including phenoxy) is 1. The fourth-order valence-electron chi connectivity index (χ4n) is 2.15. The van der Waals surface area contributed by atoms with E-state index in [1.54, 1.807) is 30.6 Å². The molecule has 0 bridgehead atoms. The van der Waals surface area contributed by atoms with Gasteiger partial charge in [-0.2, -0.15) is 10.2 Å². The zero-order chi connectivity index (χ0) is 16.9. The number of benzene rings is 1. The maximum atomic E-state index is 13.7. The fraction of sp³-hybridized carbons (Fsp3) is 0.111. The van der Waals surface area contributed by atoms with E-state index in [2.05, 4.69) is 15.0 Å². The van der Waals surface area contributed by atoms with Crippen molar-refractivity contribution in [2.24, 2.45) is 0 Å². The van der Waals surface area contributed by atoms with Crippen molar-refractivity contribution in [2.45, 2.75) is 13.3 Å². The summed E-state index contributed by atoms with van der Waals surface area (Å²) in [6, 6.07) is 11.3. The Morgan fingerprint density at radius 3 is 2.67 bits per heavy atom. The summed E-state index contributed by atoms with van der Waals surface area (Å²) < 4.78 is 19.4. The lowest BCUT2D eigenvalue weighted by Gasteiger charge is -2.10. The second kappa shape index (κ2) is 6.84. The highest BCUT2D eigenvalue weighted by atomic mass is 19.1. The Balaban J connectivity index is 2.03. The molecule has 2 aromatic heterocycles. The lowest BCUT2D eigenvalue weighted by Crippen LogP contribution is -1.99. The van der Waals surface area contributed by atoms with E-state index in [4.69, 9.17) is 10.00 Å². The van der Waals surface area contributed by atoms with Gasteiger partial charge in [-0.25, -0.2) is 9.37 Å². The number of hydrogen-bond donors (Lipinski definition) is 0. The average Bonchev–Trinajstić information content (AvgIpc) is 2.62. The summed E-state index contributed by atoms with van der Waals surface area (Å²) in [5.74, 6) is 0.241. The molecule has 0 fully saturated rings. The molecule has 0 aliphatic heterocycles. The Morgan fingerprint density at radius 2 is 1.96 bits per heavy atom. The predicted molar refractivity (Wildman–Crippen MR) is 85.8 cm³/mol. The van der Waals surface area contributed by atoms with Crippen molar-refractivity contribution in [3.8, 4) is 29.1 Å². The van der Waals surface area contributed by atoms with Crippen molar-refractivity contribution < 1.29 is 9.13 Å². The molecule has 118 valence electrons. The normalized spacial score (nSPS) is 10.2. The fourth-order valence-corrected chi connectivity index (χ4v) is 2.15. The topological polar surface area (TPSA) is 71.7 Å². The van der Waals surface area contributed by atoms with Crippen LogP contribution in [0.1, 0.15) is 18.2 Å². The minimum absolute atomic E-state index is 0.124. The zero-order valence-corrected chi connectivity index (χ0v) is 12.9. The van der Waals surface area contributed by atoms with E-state index in [0.717, 1.165) is 11.3 Å². The number of nitriles is 1. The molecule has 3 aromatic rings. The van der Waals surface area contributed by atoms with Crippen molar-refractivity contribution in [2.75, 3.05) is 0 Å². The standard InChI is InChI=1S/C18H13FN4O/c1-2-13-10-17(23-18(22-13)12-6-8-21-9-7-12)24-16-5-3-4-15(19)14(16)11-20/h3-10H,2H2,1H3. The highest BCUT2D eigenvalue weighted by Crippen LogP contribution is 2.27. The lowest BCUT2D eigenvalue weighted by atomic mass is 10.2. The van der Waals surface area contributed by atoms with Crippen LogP contribution in [0.5, 0.6) is 11.6 Å². The summed E-state index contributed by atoms with van der Waals surface area (Å²) in [6.45, 7) is 1.96. The highest BCUT2D eigenvalue weighted by Gasteiger charge is 2.13. The molecule has 0 amide bonds. The number of halogens is 1. The van der Waals surface area contributed by atoms with Gasteiger partial charge in [0, 0.05) is 29.7 Å². The molecule has 3 rings (SSSR count). The molecule has 0 aliphatic rings. The predicted octanol–water partition coefficient (Wildman–Crippen LogP) is 3.90. The van der Waals surface area contributed by atoms with Crippen LogP contribution in [0.25, 0.3) is 11.4 Å². The van der Waals surface area contributed by atoms with Gasteiger partial charge in [0.25, 0.3) is 0 Å². The van der Waals surface area contributed by atoms with Crippen molar-refractivity contribution >= 4 is 0 Å². The molecule has 0 aliphatic carbocycles. The Hall–Kier alpha value is -3.33. The molecular formula is C18H13FN4O. The smallest absolute Gasteiger partial charge is 0.223 e. The molecule has 24 heavy (non-hydrogen) atoms. The third-order valence-electron chi connectivity index (χ3n) is 3.36. The summed E-state index contributed by atoms with van der Waals surface area (Å²) in [6.07, 6.45) is 3.99. The average molecular weight is 320 g/mol. The first-order valence-corrected chi connectivity index (χ1v) is 7.36. The largest absolute Gasteiger partial charge is 0.437 e. The number of hydrogen-bond acceptors (Lipinski definition) is 5. The van der Waals surface area contributed by atoms with E-state index in [0.29, 0.717) is 12.2 Å². The van der Waals surface area contributed by atoms with Crippen LogP contribution in [0.2, 0.25) is 0 Å². The van der Waals surface area contributed by atoms with E-state index in [1.807, 2.05) is 13.0 Å². The lowest BCUT2D eigenvalue weighted by molar-refractivity contribution is 0.454. The number of rotatable bonds is 4. The molecule has 0 saturated heterocycles. The number of aromatic nitrogens is 3. The number of pyridine rings is 1. The second-order valence-corrected chi connectivity index (χ2v) is 4.94. The Bertz CT molecular complexity index is 907. The summed E-state index contributed by atoms with van der Waals surface area (Å²) in [4.78, 5) is 12.8. The zero-order valence-electron chi connectivity index (χ0n) is 12.9. The van der Waals surface area contributed by atoms with Crippen molar-refractivity contribution in [3.63, 3.8) is 0 Å². The van der Waals surface area contributed by atoms with Crippen LogP contribution >= 0.6 is 0 Å². The first kappa shape index (κ1) is 15.6. The molecule has 6 heteroatoms. The van der Waals surface area contributed by atoms with Gasteiger partial charge < -0.3 is 4.74 Å². The van der Waals surface area contributed by atoms with Crippen molar-refractivity contribution in [1.82, 2.24) is 15.0 Å². The van der Waals surface area contributed by atoms with E-state index in [-0.39, 0.29) is 17.2 Å². The minimum atomic E-state index is -0.630. The van der Waals surface area contributed by atoms with Crippen molar-refractivity contribution in [3.05, 3.63) is 65.9 Å². The molecule has 2 heterocycles. The van der Waals surface area contributed by atoms with Gasteiger partial charge in [-0.05, 0) is 30.7 Å². The van der Waals surface area contributed by atoms with Gasteiger partial charge in [-0.1, -0.05) is 13.0 Å². The van der Waals surface area contributed by atoms with Gasteiger partial charge in [0.05, 0.1) is 0 Å². The summed E-state index contributed by atoms with van der Waals surface area (Å²) in [5, 5.41) is 9.10. The SMILES string of the molecule is CCc1cc(Oc2cccc(F)c2C#N)nc(-c2ccncc2)n1. The molecule has 0 unspecified atom stereocenters. The minimum Gasteiger partial charge on any atom is -0.437 e. The summed E-state index contributed by atoms with van der Waals surface area (Å²) >= 11 is 0. The maximum absolute atomic E-state index is 13.7. The number of nitrogens with zero attached hydrogens (tertiary/aromatic N) is 4. The highest BCUT2D eigenvalue weighted by molar-refractivity contribution is 5.55. The maximum Gasteiger partial charge on any atom is 0.223 e. The van der Waals surface area contributed by atoms with Gasteiger partial charge in [-0.15, -0.1) is 0 Å². The van der Waals surface area contributed by atoms with Crippen LogP contribution in [0, 0.1) is 17.1 Å². The summed E-state index contributed by atoms with van der Waals surface area (Å²) in [7, 11) is 0. The van der Waals surface area contributed by atoms with Gasteiger partial charge in [0.2, 0.25) is 5.88 Å².